The molecule has 2 aliphatic heterocycles. The van der Waals surface area contributed by atoms with Crippen LogP contribution in [-0.4, -0.2) is 19.9 Å². The molecule has 1 unspecified atom stereocenters. The number of benzene rings is 1. The number of aromatic nitrogens is 4. The number of nitrogens with zero attached hydrogens (tertiary/aromatic N) is 2. The molecule has 178 valence electrons. The SMILES string of the molecule is [2H]c1c(C(C)OCc2cc(F)ccc2F)c2cc3nc(cc4nc(cc5ccc(cc1[nH]2)[nH]5)C=C4)C=C3. The number of halogens is 2. The van der Waals surface area contributed by atoms with Crippen LogP contribution in [0.3, 0.4) is 0 Å². The van der Waals surface area contributed by atoms with Crippen molar-refractivity contribution >= 4 is 46.4 Å². The maximum absolute atomic E-state index is 14.1. The van der Waals surface area contributed by atoms with Gasteiger partial charge in [-0.25, -0.2) is 18.7 Å². The first-order chi connectivity index (χ1) is 17.9. The maximum Gasteiger partial charge on any atom is 0.128 e. The number of fused-ring (bicyclic) bond motifs is 8. The van der Waals surface area contributed by atoms with E-state index in [0.29, 0.717) is 22.3 Å². The predicted octanol–water partition coefficient (Wildman–Crippen LogP) is 7.21. The van der Waals surface area contributed by atoms with Crippen molar-refractivity contribution in [3.63, 3.8) is 0 Å². The number of ether oxygens (including phenoxy) is 1. The fourth-order valence-corrected chi connectivity index (χ4v) is 4.24. The van der Waals surface area contributed by atoms with E-state index in [1.807, 2.05) is 60.7 Å². The largest absolute Gasteiger partial charge is 0.369 e. The van der Waals surface area contributed by atoms with E-state index in [4.69, 9.17) is 6.11 Å². The van der Waals surface area contributed by atoms with Crippen molar-refractivity contribution in [2.75, 3.05) is 0 Å². The van der Waals surface area contributed by atoms with Crippen molar-refractivity contribution in [1.82, 2.24) is 19.9 Å². The average Bonchev–Trinajstić information content (AvgIpc) is 3.65. The summed E-state index contributed by atoms with van der Waals surface area (Å²) in [4.78, 5) is 16.0. The fraction of sp³-hybridized carbons (Fsp3) is 0.103. The van der Waals surface area contributed by atoms with Gasteiger partial charge in [-0.3, -0.25) is 0 Å². The number of aromatic amines is 2. The summed E-state index contributed by atoms with van der Waals surface area (Å²) in [6, 6.07) is 15.0. The molecule has 7 heteroatoms. The molecular weight excluding hydrogens is 458 g/mol. The van der Waals surface area contributed by atoms with E-state index in [0.717, 1.165) is 46.3 Å². The van der Waals surface area contributed by atoms with Crippen molar-refractivity contribution < 1.29 is 14.9 Å². The summed E-state index contributed by atoms with van der Waals surface area (Å²) in [7, 11) is 0. The van der Waals surface area contributed by atoms with Gasteiger partial charge in [-0.05, 0) is 91.9 Å². The maximum atomic E-state index is 14.1. The molecule has 3 aromatic heterocycles. The molecule has 5 nitrogen and oxygen atoms in total. The molecule has 6 rings (SSSR count). The number of hydrogen-bond acceptors (Lipinski definition) is 3. The lowest BCUT2D eigenvalue weighted by atomic mass is 10.1. The molecule has 0 saturated heterocycles. The molecule has 2 aliphatic rings. The van der Waals surface area contributed by atoms with Gasteiger partial charge in [0.05, 0.1) is 36.9 Å². The van der Waals surface area contributed by atoms with Crippen LogP contribution in [0, 0.1) is 11.6 Å². The number of hydrogen-bond donors (Lipinski definition) is 2. The summed E-state index contributed by atoms with van der Waals surface area (Å²) in [5, 5.41) is 0. The first-order valence-electron chi connectivity index (χ1n) is 12.0. The van der Waals surface area contributed by atoms with Gasteiger partial charge < -0.3 is 14.7 Å². The lowest BCUT2D eigenvalue weighted by molar-refractivity contribution is 0.0517. The Bertz CT molecular complexity index is 1750. The Morgan fingerprint density at radius 3 is 2.22 bits per heavy atom. The summed E-state index contributed by atoms with van der Waals surface area (Å²) in [5.74, 6) is -1.07. The number of H-pyrrole nitrogens is 2. The van der Waals surface area contributed by atoms with Crippen LogP contribution in [-0.2, 0) is 11.3 Å². The Kier molecular flexibility index (Phi) is 5.25. The molecule has 1 atom stereocenters. The predicted molar refractivity (Wildman–Crippen MR) is 138 cm³/mol. The van der Waals surface area contributed by atoms with Crippen LogP contribution >= 0.6 is 0 Å². The molecule has 0 fully saturated rings. The minimum absolute atomic E-state index is 0.119. The van der Waals surface area contributed by atoms with Gasteiger partial charge in [-0.2, -0.15) is 0 Å². The summed E-state index contributed by atoms with van der Waals surface area (Å²) in [5.41, 5.74) is 6.77. The molecule has 0 saturated carbocycles. The number of nitrogens with one attached hydrogen (secondary N) is 2. The highest BCUT2D eigenvalue weighted by Crippen LogP contribution is 2.27. The van der Waals surface area contributed by atoms with Crippen molar-refractivity contribution in [3.8, 4) is 0 Å². The quantitative estimate of drug-likeness (QED) is 0.280. The highest BCUT2D eigenvalue weighted by molar-refractivity contribution is 5.78. The normalized spacial score (nSPS) is 13.7. The summed E-state index contributed by atoms with van der Waals surface area (Å²) in [6.45, 7) is 1.66. The Morgan fingerprint density at radius 2 is 1.47 bits per heavy atom. The monoisotopic (exact) mass is 481 g/mol. The van der Waals surface area contributed by atoms with E-state index in [9.17, 15) is 8.78 Å². The van der Waals surface area contributed by atoms with Crippen molar-refractivity contribution in [2.45, 2.75) is 19.6 Å². The van der Waals surface area contributed by atoms with Crippen molar-refractivity contribution in [1.29, 1.82) is 0 Å². The first kappa shape index (κ1) is 21.0. The summed E-state index contributed by atoms with van der Waals surface area (Å²) < 4.78 is 42.6. The Balaban J connectivity index is 1.50. The summed E-state index contributed by atoms with van der Waals surface area (Å²) >= 11 is 0. The Hall–Kier alpha value is -4.36. The van der Waals surface area contributed by atoms with Gasteiger partial charge in [0.15, 0.2) is 0 Å². The second kappa shape index (κ2) is 9.02. The molecule has 5 heterocycles. The molecule has 0 aliphatic carbocycles. The van der Waals surface area contributed by atoms with Gasteiger partial charge in [0.2, 0.25) is 0 Å². The molecule has 0 radical (unpaired) electrons. The van der Waals surface area contributed by atoms with E-state index < -0.39 is 17.7 Å². The van der Waals surface area contributed by atoms with E-state index in [-0.39, 0.29) is 18.2 Å². The average molecular weight is 482 g/mol. The van der Waals surface area contributed by atoms with Gasteiger partial charge in [0.1, 0.15) is 11.6 Å². The third-order valence-electron chi connectivity index (χ3n) is 6.02. The van der Waals surface area contributed by atoms with E-state index in [1.165, 1.54) is 0 Å². The summed E-state index contributed by atoms with van der Waals surface area (Å²) in [6.07, 6.45) is 7.11. The van der Waals surface area contributed by atoms with Crippen LogP contribution in [0.1, 0.15) is 48.3 Å². The van der Waals surface area contributed by atoms with Gasteiger partial charge in [-0.1, -0.05) is 0 Å². The second-order valence-corrected chi connectivity index (χ2v) is 8.72. The fourth-order valence-electron chi connectivity index (χ4n) is 4.24. The van der Waals surface area contributed by atoms with Gasteiger partial charge in [0, 0.05) is 33.2 Å². The first-order valence-corrected chi connectivity index (χ1v) is 11.5. The van der Waals surface area contributed by atoms with Gasteiger partial charge in [-0.15, -0.1) is 0 Å². The van der Waals surface area contributed by atoms with Crippen LogP contribution in [0.4, 0.5) is 8.78 Å². The Morgan fingerprint density at radius 1 is 0.806 bits per heavy atom. The van der Waals surface area contributed by atoms with E-state index >= 15 is 0 Å². The highest BCUT2D eigenvalue weighted by Gasteiger charge is 2.14. The third kappa shape index (κ3) is 4.61. The minimum atomic E-state index is -0.581. The zero-order valence-electron chi connectivity index (χ0n) is 20.3. The molecular formula is C29H22F2N4O. The molecule has 0 spiro atoms. The van der Waals surface area contributed by atoms with Crippen LogP contribution in [0.25, 0.3) is 46.4 Å². The molecule has 2 N–H and O–H groups in total. The molecule has 4 aromatic rings. The van der Waals surface area contributed by atoms with Crippen LogP contribution in [0.2, 0.25) is 0 Å². The molecule has 0 amide bonds. The molecule has 1 aromatic carbocycles. The zero-order valence-corrected chi connectivity index (χ0v) is 19.3. The highest BCUT2D eigenvalue weighted by atomic mass is 19.1. The Labute approximate surface area is 207 Å². The number of rotatable bonds is 4. The van der Waals surface area contributed by atoms with Gasteiger partial charge >= 0.3 is 0 Å². The topological polar surface area (TPSA) is 66.6 Å². The minimum Gasteiger partial charge on any atom is -0.369 e. The van der Waals surface area contributed by atoms with Gasteiger partial charge in [0.25, 0.3) is 0 Å². The van der Waals surface area contributed by atoms with Crippen LogP contribution in [0.5, 0.6) is 0 Å². The lowest BCUT2D eigenvalue weighted by Gasteiger charge is -2.13. The molecule has 36 heavy (non-hydrogen) atoms. The van der Waals surface area contributed by atoms with E-state index in [1.54, 1.807) is 6.92 Å². The third-order valence-corrected chi connectivity index (χ3v) is 6.02. The van der Waals surface area contributed by atoms with Crippen LogP contribution < -0.4 is 0 Å². The smallest absolute Gasteiger partial charge is 0.128 e. The lowest BCUT2D eigenvalue weighted by Crippen LogP contribution is -2.02. The van der Waals surface area contributed by atoms with Crippen LogP contribution in [0.15, 0.2) is 60.6 Å². The second-order valence-electron chi connectivity index (χ2n) is 8.72. The van der Waals surface area contributed by atoms with E-state index in [2.05, 4.69) is 19.9 Å². The molecule has 8 bridgehead atoms. The standard InChI is InChI=1S/C29H22F2N4O/c1-17(36-16-18-10-19(30)2-9-28(18)31)27-14-26-13-24-6-5-22(33-24)11-20-3-4-21(32-20)12-23-7-8-25(34-23)15-29(27)35-26/h2-15,17,33,35H,16H2,1H3/i14D. The zero-order chi connectivity index (χ0) is 25.5. The van der Waals surface area contributed by atoms with Crippen molar-refractivity contribution in [3.05, 3.63) is 106 Å². The van der Waals surface area contributed by atoms with Crippen molar-refractivity contribution in [2.24, 2.45) is 0 Å².